The van der Waals surface area contributed by atoms with Gasteiger partial charge in [0, 0.05) is 5.02 Å². The zero-order valence-electron chi connectivity index (χ0n) is 10.4. The topological polar surface area (TPSA) is 65.4 Å². The van der Waals surface area contributed by atoms with Crippen LogP contribution in [0.3, 0.4) is 0 Å². The number of benzene rings is 1. The number of halogens is 2. The summed E-state index contributed by atoms with van der Waals surface area (Å²) in [6.07, 6.45) is 3.26. The van der Waals surface area contributed by atoms with Crippen LogP contribution in [0.1, 0.15) is 11.3 Å². The van der Waals surface area contributed by atoms with E-state index in [1.807, 2.05) is 6.92 Å². The summed E-state index contributed by atoms with van der Waals surface area (Å²) in [5.41, 5.74) is 7.10. The first kappa shape index (κ1) is 13.7. The van der Waals surface area contributed by atoms with Crippen molar-refractivity contribution in [2.45, 2.75) is 6.92 Å². The van der Waals surface area contributed by atoms with E-state index < -0.39 is 0 Å². The van der Waals surface area contributed by atoms with Gasteiger partial charge in [0.1, 0.15) is 5.75 Å². The van der Waals surface area contributed by atoms with E-state index in [-0.39, 0.29) is 0 Å². The van der Waals surface area contributed by atoms with Gasteiger partial charge in [0.05, 0.1) is 35.8 Å². The normalized spacial score (nSPS) is 11.2. The summed E-state index contributed by atoms with van der Waals surface area (Å²) in [6, 6.07) is 3.28. The number of anilines is 1. The van der Waals surface area contributed by atoms with Gasteiger partial charge in [-0.15, -0.1) is 0 Å². The Labute approximate surface area is 120 Å². The number of imidazole rings is 1. The zero-order chi connectivity index (χ0) is 14.0. The van der Waals surface area contributed by atoms with Crippen LogP contribution in [0.2, 0.25) is 10.0 Å². The second kappa shape index (κ2) is 5.50. The molecule has 0 aliphatic rings. The average molecular weight is 299 g/mol. The van der Waals surface area contributed by atoms with Crippen molar-refractivity contribution < 1.29 is 4.74 Å². The summed E-state index contributed by atoms with van der Waals surface area (Å²) in [5.74, 6) is 0.842. The van der Waals surface area contributed by atoms with Gasteiger partial charge in [-0.3, -0.25) is 0 Å². The molecule has 1 heterocycles. The van der Waals surface area contributed by atoms with E-state index in [0.717, 1.165) is 5.69 Å². The van der Waals surface area contributed by atoms with E-state index in [9.17, 15) is 0 Å². The maximum Gasteiger partial charge on any atom is 0.221 e. The molecule has 19 heavy (non-hydrogen) atoms. The molecule has 0 saturated carbocycles. The molecule has 0 amide bonds. The van der Waals surface area contributed by atoms with Gasteiger partial charge >= 0.3 is 0 Å². The Balaban J connectivity index is 2.40. The van der Waals surface area contributed by atoms with Gasteiger partial charge in [0.15, 0.2) is 0 Å². The van der Waals surface area contributed by atoms with E-state index in [2.05, 4.69) is 10.1 Å². The molecule has 2 rings (SSSR count). The van der Waals surface area contributed by atoms with Crippen LogP contribution in [0.5, 0.6) is 5.75 Å². The van der Waals surface area contributed by atoms with Crippen molar-refractivity contribution in [2.24, 2.45) is 5.10 Å². The third kappa shape index (κ3) is 3.00. The summed E-state index contributed by atoms with van der Waals surface area (Å²) in [6.45, 7) is 1.83. The quantitative estimate of drug-likeness (QED) is 0.886. The highest BCUT2D eigenvalue weighted by Crippen LogP contribution is 2.29. The van der Waals surface area contributed by atoms with Gasteiger partial charge in [-0.05, 0) is 19.1 Å². The first-order valence-corrected chi connectivity index (χ1v) is 6.15. The number of hydrogen-bond acceptors (Lipinski definition) is 4. The minimum Gasteiger partial charge on any atom is -0.496 e. The smallest absolute Gasteiger partial charge is 0.221 e. The molecule has 0 aliphatic carbocycles. The molecule has 1 aromatic carbocycles. The second-order valence-electron chi connectivity index (χ2n) is 3.83. The maximum absolute atomic E-state index is 6.11. The maximum atomic E-state index is 6.11. The van der Waals surface area contributed by atoms with Gasteiger partial charge in [0.2, 0.25) is 5.95 Å². The Morgan fingerprint density at radius 1 is 1.42 bits per heavy atom. The Kier molecular flexibility index (Phi) is 3.97. The van der Waals surface area contributed by atoms with Crippen LogP contribution in [0, 0.1) is 6.92 Å². The van der Waals surface area contributed by atoms with Crippen LogP contribution in [-0.4, -0.2) is 23.0 Å². The fourth-order valence-electron chi connectivity index (χ4n) is 1.57. The molecule has 0 fully saturated rings. The first-order valence-electron chi connectivity index (χ1n) is 5.40. The summed E-state index contributed by atoms with van der Waals surface area (Å²) >= 11 is 12.0. The van der Waals surface area contributed by atoms with Crippen LogP contribution in [0.15, 0.2) is 23.4 Å². The predicted molar refractivity (Wildman–Crippen MR) is 77.4 cm³/mol. The first-order chi connectivity index (χ1) is 9.01. The van der Waals surface area contributed by atoms with E-state index in [1.54, 1.807) is 24.5 Å². The standard InChI is InChI=1S/C12H12Cl2N4O/c1-7-6-18(12(15)17-7)16-5-9-10(14)3-8(13)4-11(9)19-2/h3-6H,1-2H3,(H2,15,17). The summed E-state index contributed by atoms with van der Waals surface area (Å²) in [7, 11) is 1.54. The summed E-state index contributed by atoms with van der Waals surface area (Å²) in [4.78, 5) is 4.04. The fraction of sp³-hybridized carbons (Fsp3) is 0.167. The lowest BCUT2D eigenvalue weighted by Crippen LogP contribution is -1.98. The van der Waals surface area contributed by atoms with Crippen molar-refractivity contribution in [3.05, 3.63) is 39.6 Å². The molecule has 5 nitrogen and oxygen atoms in total. The van der Waals surface area contributed by atoms with Crippen molar-refractivity contribution in [3.8, 4) is 5.75 Å². The van der Waals surface area contributed by atoms with Crippen molar-refractivity contribution in [1.82, 2.24) is 9.66 Å². The lowest BCUT2D eigenvalue weighted by molar-refractivity contribution is 0.414. The highest BCUT2D eigenvalue weighted by molar-refractivity contribution is 6.36. The molecule has 2 aromatic rings. The zero-order valence-corrected chi connectivity index (χ0v) is 11.9. The molecule has 7 heteroatoms. The number of ether oxygens (including phenoxy) is 1. The fourth-order valence-corrected chi connectivity index (χ4v) is 2.10. The number of aryl methyl sites for hydroxylation is 1. The number of aromatic nitrogens is 2. The summed E-state index contributed by atoms with van der Waals surface area (Å²) < 4.78 is 6.67. The molecular formula is C12H12Cl2N4O. The Morgan fingerprint density at radius 2 is 2.16 bits per heavy atom. The van der Waals surface area contributed by atoms with Crippen LogP contribution in [0.4, 0.5) is 5.95 Å². The van der Waals surface area contributed by atoms with Gasteiger partial charge in [0.25, 0.3) is 0 Å². The monoisotopic (exact) mass is 298 g/mol. The predicted octanol–water partition coefficient (Wildman–Crippen LogP) is 2.97. The molecule has 0 aliphatic heterocycles. The Bertz CT molecular complexity index is 637. The lowest BCUT2D eigenvalue weighted by atomic mass is 10.2. The van der Waals surface area contributed by atoms with E-state index in [0.29, 0.717) is 27.3 Å². The number of nitrogen functional groups attached to an aromatic ring is 1. The van der Waals surface area contributed by atoms with Crippen molar-refractivity contribution in [1.29, 1.82) is 0 Å². The van der Waals surface area contributed by atoms with Gasteiger partial charge in [-0.1, -0.05) is 23.2 Å². The molecule has 0 bridgehead atoms. The Hall–Kier alpha value is -1.72. The van der Waals surface area contributed by atoms with Crippen molar-refractivity contribution in [3.63, 3.8) is 0 Å². The molecule has 0 spiro atoms. The minimum atomic E-state index is 0.304. The molecule has 2 N–H and O–H groups in total. The van der Waals surface area contributed by atoms with Crippen molar-refractivity contribution in [2.75, 3.05) is 12.8 Å². The molecule has 0 atom stereocenters. The SMILES string of the molecule is COc1cc(Cl)cc(Cl)c1C=Nn1cc(C)nc1N. The number of rotatable bonds is 3. The van der Waals surface area contributed by atoms with Gasteiger partial charge < -0.3 is 10.5 Å². The van der Waals surface area contributed by atoms with Gasteiger partial charge in [-0.25, -0.2) is 9.66 Å². The third-order valence-electron chi connectivity index (χ3n) is 2.42. The van der Waals surface area contributed by atoms with Crippen LogP contribution >= 0.6 is 23.2 Å². The van der Waals surface area contributed by atoms with Crippen molar-refractivity contribution >= 4 is 35.4 Å². The van der Waals surface area contributed by atoms with Crippen LogP contribution < -0.4 is 10.5 Å². The van der Waals surface area contributed by atoms with E-state index >= 15 is 0 Å². The molecule has 1 aromatic heterocycles. The minimum absolute atomic E-state index is 0.304. The molecule has 0 saturated heterocycles. The largest absolute Gasteiger partial charge is 0.496 e. The average Bonchev–Trinajstić information content (AvgIpc) is 2.65. The van der Waals surface area contributed by atoms with Gasteiger partial charge in [-0.2, -0.15) is 5.10 Å². The second-order valence-corrected chi connectivity index (χ2v) is 4.68. The van der Waals surface area contributed by atoms with E-state index in [1.165, 1.54) is 11.8 Å². The third-order valence-corrected chi connectivity index (χ3v) is 2.95. The Morgan fingerprint density at radius 3 is 2.74 bits per heavy atom. The number of nitrogens with zero attached hydrogens (tertiary/aromatic N) is 3. The molecule has 100 valence electrons. The van der Waals surface area contributed by atoms with E-state index in [4.69, 9.17) is 33.7 Å². The number of methoxy groups -OCH3 is 1. The highest BCUT2D eigenvalue weighted by Gasteiger charge is 2.08. The highest BCUT2D eigenvalue weighted by atomic mass is 35.5. The number of hydrogen-bond donors (Lipinski definition) is 1. The molecule has 0 radical (unpaired) electrons. The van der Waals surface area contributed by atoms with Crippen LogP contribution in [-0.2, 0) is 0 Å². The molecule has 0 unspecified atom stereocenters. The summed E-state index contributed by atoms with van der Waals surface area (Å²) in [5, 5.41) is 5.14. The number of nitrogens with two attached hydrogens (primary N) is 1. The molecular weight excluding hydrogens is 287 g/mol. The van der Waals surface area contributed by atoms with Crippen LogP contribution in [0.25, 0.3) is 0 Å². The lowest BCUT2D eigenvalue weighted by Gasteiger charge is -2.07.